The fourth-order valence-electron chi connectivity index (χ4n) is 3.65. The normalized spacial score (nSPS) is 20.8. The summed E-state index contributed by atoms with van der Waals surface area (Å²) in [5, 5.41) is 0. The first-order chi connectivity index (χ1) is 11.8. The minimum absolute atomic E-state index is 0.847. The van der Waals surface area contributed by atoms with Crippen molar-refractivity contribution in [3.8, 4) is 0 Å². The third-order valence-corrected chi connectivity index (χ3v) is 5.05. The highest BCUT2D eigenvalue weighted by Gasteiger charge is 2.24. The molecule has 0 unspecified atom stereocenters. The zero-order valence-corrected chi connectivity index (χ0v) is 15.9. The number of likely N-dealkylation sites (tertiary alicyclic amines) is 2. The number of aromatic nitrogens is 1. The molecule has 2 fully saturated rings. The molecule has 134 valence electrons. The van der Waals surface area contributed by atoms with Crippen LogP contribution in [0.3, 0.4) is 0 Å². The van der Waals surface area contributed by atoms with Gasteiger partial charge in [0.1, 0.15) is 0 Å². The Morgan fingerprint density at radius 2 is 1.75 bits per heavy atom. The Bertz CT molecular complexity index is 466. The van der Waals surface area contributed by atoms with Crippen molar-refractivity contribution in [2.24, 2.45) is 0 Å². The van der Waals surface area contributed by atoms with Gasteiger partial charge in [-0.2, -0.15) is 0 Å². The molecule has 2 aliphatic rings. The first kappa shape index (κ1) is 19.1. The molecule has 0 N–H and O–H groups in total. The lowest BCUT2D eigenvalue weighted by atomic mass is 10.00. The molecule has 0 saturated carbocycles. The molecule has 3 rings (SSSR count). The molecule has 0 bridgehead atoms. The maximum atomic E-state index is 4.42. The summed E-state index contributed by atoms with van der Waals surface area (Å²) in [5.74, 6) is 0. The van der Waals surface area contributed by atoms with E-state index >= 15 is 0 Å². The third-order valence-electron chi connectivity index (χ3n) is 5.05. The highest BCUT2D eigenvalue weighted by Crippen LogP contribution is 2.20. The topological polar surface area (TPSA) is 19.4 Å². The van der Waals surface area contributed by atoms with Gasteiger partial charge < -0.3 is 4.90 Å². The van der Waals surface area contributed by atoms with Crippen molar-refractivity contribution in [3.63, 3.8) is 0 Å². The van der Waals surface area contributed by atoms with Crippen LogP contribution in [0.2, 0.25) is 0 Å². The van der Waals surface area contributed by atoms with E-state index in [0.717, 1.165) is 18.3 Å². The number of piperidine rings is 2. The summed E-state index contributed by atoms with van der Waals surface area (Å²) >= 11 is 0. The van der Waals surface area contributed by atoms with Crippen molar-refractivity contribution in [2.45, 2.75) is 58.9 Å². The summed E-state index contributed by atoms with van der Waals surface area (Å²) in [6.45, 7) is 12.3. The van der Waals surface area contributed by atoms with E-state index in [-0.39, 0.29) is 0 Å². The number of aryl methyl sites for hydroxylation is 1. The van der Waals surface area contributed by atoms with Crippen molar-refractivity contribution < 1.29 is 0 Å². The summed E-state index contributed by atoms with van der Waals surface area (Å²) in [7, 11) is 0. The number of nitrogens with zero attached hydrogens (tertiary/aromatic N) is 3. The summed E-state index contributed by atoms with van der Waals surface area (Å²) in [5.41, 5.74) is 2.28. The monoisotopic (exact) mass is 329 g/mol. The first-order valence-electron chi connectivity index (χ1n) is 9.87. The Morgan fingerprint density at radius 3 is 2.38 bits per heavy atom. The zero-order chi connectivity index (χ0) is 17.2. The Morgan fingerprint density at radius 1 is 1.04 bits per heavy atom. The zero-order valence-electron chi connectivity index (χ0n) is 15.9. The van der Waals surface area contributed by atoms with Gasteiger partial charge in [-0.3, -0.25) is 9.88 Å². The fourth-order valence-corrected chi connectivity index (χ4v) is 3.65. The standard InChI is InChI=1S/C19H29N3.C2H6/c1-17-7-8-18(20-16-17)6-5-11-21-14-9-19(10-15-21)22-12-3-2-4-13-22;1-2/h5-8,16,19H,2-4,9-15H2,1H3;1-2H3/b6-5+;. The van der Waals surface area contributed by atoms with Crippen LogP contribution in [0.1, 0.15) is 57.2 Å². The van der Waals surface area contributed by atoms with Crippen LogP contribution in [-0.2, 0) is 0 Å². The fraction of sp³-hybridized carbons (Fsp3) is 0.667. The van der Waals surface area contributed by atoms with E-state index in [1.165, 1.54) is 63.8 Å². The third kappa shape index (κ3) is 6.03. The van der Waals surface area contributed by atoms with Gasteiger partial charge in [0.05, 0.1) is 5.69 Å². The van der Waals surface area contributed by atoms with Crippen LogP contribution in [0.4, 0.5) is 0 Å². The van der Waals surface area contributed by atoms with Gasteiger partial charge in [0.2, 0.25) is 0 Å². The van der Waals surface area contributed by atoms with Crippen molar-refractivity contribution >= 4 is 6.08 Å². The molecule has 0 aliphatic carbocycles. The number of hydrogen-bond donors (Lipinski definition) is 0. The number of rotatable bonds is 4. The Kier molecular flexibility index (Phi) is 8.48. The Labute approximate surface area is 148 Å². The smallest absolute Gasteiger partial charge is 0.0627 e. The summed E-state index contributed by atoms with van der Waals surface area (Å²) in [6.07, 6.45) is 13.3. The predicted molar refractivity (Wildman–Crippen MR) is 104 cm³/mol. The van der Waals surface area contributed by atoms with Crippen LogP contribution < -0.4 is 0 Å². The van der Waals surface area contributed by atoms with Crippen LogP contribution in [0.5, 0.6) is 0 Å². The Hall–Kier alpha value is -1.19. The van der Waals surface area contributed by atoms with Gasteiger partial charge in [-0.1, -0.05) is 32.4 Å². The van der Waals surface area contributed by atoms with E-state index in [4.69, 9.17) is 0 Å². The van der Waals surface area contributed by atoms with Crippen LogP contribution in [0.25, 0.3) is 6.08 Å². The predicted octanol–water partition coefficient (Wildman–Crippen LogP) is 4.38. The highest BCUT2D eigenvalue weighted by molar-refractivity contribution is 5.44. The van der Waals surface area contributed by atoms with Gasteiger partial charge in [-0.05, 0) is 76.5 Å². The van der Waals surface area contributed by atoms with Crippen LogP contribution in [-0.4, -0.2) is 53.5 Å². The van der Waals surface area contributed by atoms with Crippen molar-refractivity contribution in [1.82, 2.24) is 14.8 Å². The van der Waals surface area contributed by atoms with E-state index in [1.54, 1.807) is 0 Å². The molecular weight excluding hydrogens is 294 g/mol. The molecule has 1 aromatic rings. The van der Waals surface area contributed by atoms with Gasteiger partial charge in [-0.25, -0.2) is 0 Å². The van der Waals surface area contributed by atoms with Crippen LogP contribution in [0, 0.1) is 6.92 Å². The SMILES string of the molecule is CC.Cc1ccc(/C=C/CN2CCC(N3CCCCC3)CC2)nc1. The lowest BCUT2D eigenvalue weighted by Crippen LogP contribution is -2.46. The number of pyridine rings is 1. The maximum absolute atomic E-state index is 4.42. The maximum Gasteiger partial charge on any atom is 0.0627 e. The average molecular weight is 330 g/mol. The van der Waals surface area contributed by atoms with Crippen molar-refractivity contribution in [3.05, 3.63) is 35.7 Å². The first-order valence-corrected chi connectivity index (χ1v) is 9.87. The van der Waals surface area contributed by atoms with Crippen molar-refractivity contribution in [1.29, 1.82) is 0 Å². The molecule has 0 aromatic carbocycles. The minimum Gasteiger partial charge on any atom is -0.300 e. The lowest BCUT2D eigenvalue weighted by Gasteiger charge is -2.40. The molecule has 3 heteroatoms. The second kappa shape index (κ2) is 10.6. The molecule has 24 heavy (non-hydrogen) atoms. The summed E-state index contributed by atoms with van der Waals surface area (Å²) < 4.78 is 0. The van der Waals surface area contributed by atoms with Gasteiger partial charge in [0.15, 0.2) is 0 Å². The van der Waals surface area contributed by atoms with E-state index in [0.29, 0.717) is 0 Å². The summed E-state index contributed by atoms with van der Waals surface area (Å²) in [4.78, 5) is 9.74. The second-order valence-electron chi connectivity index (χ2n) is 6.79. The molecule has 0 atom stereocenters. The van der Waals surface area contributed by atoms with E-state index < -0.39 is 0 Å². The largest absolute Gasteiger partial charge is 0.300 e. The molecule has 1 aromatic heterocycles. The van der Waals surface area contributed by atoms with E-state index in [1.807, 2.05) is 20.0 Å². The second-order valence-corrected chi connectivity index (χ2v) is 6.79. The van der Waals surface area contributed by atoms with Gasteiger partial charge in [0.25, 0.3) is 0 Å². The molecule has 0 radical (unpaired) electrons. The molecule has 0 spiro atoms. The van der Waals surface area contributed by atoms with Gasteiger partial charge in [-0.15, -0.1) is 0 Å². The molecule has 3 heterocycles. The molecule has 0 amide bonds. The summed E-state index contributed by atoms with van der Waals surface area (Å²) in [6, 6.07) is 5.06. The van der Waals surface area contributed by atoms with E-state index in [2.05, 4.69) is 46.0 Å². The quantitative estimate of drug-likeness (QED) is 0.817. The molecule has 2 aliphatic heterocycles. The minimum atomic E-state index is 0.847. The molecule has 3 nitrogen and oxygen atoms in total. The van der Waals surface area contributed by atoms with E-state index in [9.17, 15) is 0 Å². The van der Waals surface area contributed by atoms with Gasteiger partial charge >= 0.3 is 0 Å². The highest BCUT2D eigenvalue weighted by atomic mass is 15.2. The molecule has 2 saturated heterocycles. The van der Waals surface area contributed by atoms with Crippen LogP contribution in [0.15, 0.2) is 24.4 Å². The Balaban J connectivity index is 0.00000100. The average Bonchev–Trinajstić information content (AvgIpc) is 2.66. The number of hydrogen-bond acceptors (Lipinski definition) is 3. The molecular formula is C21H35N3. The van der Waals surface area contributed by atoms with Gasteiger partial charge in [0, 0.05) is 18.8 Å². The lowest BCUT2D eigenvalue weighted by molar-refractivity contribution is 0.0975. The van der Waals surface area contributed by atoms with Crippen LogP contribution >= 0.6 is 0 Å². The van der Waals surface area contributed by atoms with Crippen molar-refractivity contribution in [2.75, 3.05) is 32.7 Å².